The average molecular weight is 496 g/mol. The van der Waals surface area contributed by atoms with Crippen molar-refractivity contribution in [1.82, 2.24) is 10.2 Å². The van der Waals surface area contributed by atoms with Crippen LogP contribution in [0.4, 0.5) is 9.18 Å². The van der Waals surface area contributed by atoms with E-state index in [2.05, 4.69) is 27.9 Å². The molecular formula is C20H18FIN2O4. The Morgan fingerprint density at radius 3 is 2.61 bits per heavy atom. The molecule has 1 aliphatic rings. The zero-order valence-corrected chi connectivity index (χ0v) is 17.4. The number of imide groups is 1. The topological polar surface area (TPSA) is 67.9 Å². The Hall–Kier alpha value is -2.62. The van der Waals surface area contributed by atoms with Crippen molar-refractivity contribution in [2.24, 2.45) is 0 Å². The Bertz CT molecular complexity index is 961. The number of urea groups is 1. The molecule has 1 fully saturated rings. The van der Waals surface area contributed by atoms with E-state index in [0.29, 0.717) is 29.2 Å². The van der Waals surface area contributed by atoms with Crippen molar-refractivity contribution in [1.29, 1.82) is 0 Å². The Kier molecular flexibility index (Phi) is 6.18. The van der Waals surface area contributed by atoms with Gasteiger partial charge >= 0.3 is 6.03 Å². The largest absolute Gasteiger partial charge is 0.490 e. The van der Waals surface area contributed by atoms with Gasteiger partial charge in [0.15, 0.2) is 11.5 Å². The summed E-state index contributed by atoms with van der Waals surface area (Å²) < 4.78 is 26.1. The highest BCUT2D eigenvalue weighted by Gasteiger charge is 2.30. The molecule has 6 nitrogen and oxygen atoms in total. The van der Waals surface area contributed by atoms with Crippen LogP contribution in [0.2, 0.25) is 0 Å². The van der Waals surface area contributed by atoms with Crippen molar-refractivity contribution in [3.8, 4) is 11.5 Å². The first kappa shape index (κ1) is 20.1. The lowest BCUT2D eigenvalue weighted by Gasteiger charge is -2.15. The lowest BCUT2D eigenvalue weighted by Crippen LogP contribution is -2.25. The Morgan fingerprint density at radius 2 is 1.96 bits per heavy atom. The van der Waals surface area contributed by atoms with Gasteiger partial charge < -0.3 is 14.8 Å². The molecule has 0 radical (unpaired) electrons. The fourth-order valence-electron chi connectivity index (χ4n) is 2.63. The quantitative estimate of drug-likeness (QED) is 0.374. The summed E-state index contributed by atoms with van der Waals surface area (Å²) in [5, 5.41) is 2.52. The third-order valence-electron chi connectivity index (χ3n) is 4.05. The van der Waals surface area contributed by atoms with E-state index in [1.165, 1.54) is 13.1 Å². The van der Waals surface area contributed by atoms with Crippen molar-refractivity contribution < 1.29 is 23.5 Å². The third kappa shape index (κ3) is 4.27. The molecule has 3 rings (SSSR count). The van der Waals surface area contributed by atoms with Gasteiger partial charge in [0.05, 0.1) is 10.2 Å². The van der Waals surface area contributed by atoms with E-state index in [4.69, 9.17) is 9.47 Å². The minimum atomic E-state index is -0.471. The highest BCUT2D eigenvalue weighted by molar-refractivity contribution is 14.1. The number of nitrogens with zero attached hydrogens (tertiary/aromatic N) is 1. The van der Waals surface area contributed by atoms with E-state index >= 15 is 0 Å². The minimum Gasteiger partial charge on any atom is -0.490 e. The van der Waals surface area contributed by atoms with Crippen LogP contribution in [0.1, 0.15) is 18.1 Å². The van der Waals surface area contributed by atoms with Crippen LogP contribution in [0, 0.1) is 9.39 Å². The van der Waals surface area contributed by atoms with Crippen LogP contribution >= 0.6 is 22.6 Å². The second-order valence-electron chi connectivity index (χ2n) is 6.00. The predicted molar refractivity (Wildman–Crippen MR) is 110 cm³/mol. The molecule has 28 heavy (non-hydrogen) atoms. The summed E-state index contributed by atoms with van der Waals surface area (Å²) >= 11 is 2.09. The van der Waals surface area contributed by atoms with Crippen LogP contribution in [0.25, 0.3) is 6.08 Å². The molecule has 2 aromatic carbocycles. The van der Waals surface area contributed by atoms with Gasteiger partial charge in [-0.3, -0.25) is 9.69 Å². The SMILES string of the molecule is CCOc1cc(/C=C2/NC(=O)N(C)C2=O)cc(I)c1OCc1ccccc1F. The van der Waals surface area contributed by atoms with Gasteiger partial charge in [0.1, 0.15) is 18.1 Å². The van der Waals surface area contributed by atoms with Crippen molar-refractivity contribution >= 4 is 40.6 Å². The number of nitrogens with one attached hydrogen (secondary N) is 1. The zero-order valence-electron chi connectivity index (χ0n) is 15.3. The number of hydrogen-bond acceptors (Lipinski definition) is 4. The van der Waals surface area contributed by atoms with Gasteiger partial charge in [-0.25, -0.2) is 9.18 Å². The van der Waals surface area contributed by atoms with Gasteiger partial charge in [-0.1, -0.05) is 18.2 Å². The molecule has 0 bridgehead atoms. The number of carbonyl (C=O) groups is 2. The number of likely N-dealkylation sites (N-methyl/N-ethyl adjacent to an activating group) is 1. The van der Waals surface area contributed by atoms with Crippen molar-refractivity contribution in [3.05, 3.63) is 62.6 Å². The normalized spacial score (nSPS) is 15.1. The lowest BCUT2D eigenvalue weighted by atomic mass is 10.1. The molecule has 1 N–H and O–H groups in total. The number of rotatable bonds is 6. The second kappa shape index (κ2) is 8.59. The van der Waals surface area contributed by atoms with E-state index in [1.54, 1.807) is 36.4 Å². The molecule has 0 aromatic heterocycles. The summed E-state index contributed by atoms with van der Waals surface area (Å²) in [6.45, 7) is 2.31. The van der Waals surface area contributed by atoms with E-state index < -0.39 is 11.9 Å². The van der Waals surface area contributed by atoms with Crippen LogP contribution in [0.15, 0.2) is 42.1 Å². The standard InChI is InChI=1S/C20H18FIN2O4/c1-3-27-17-10-12(9-16-19(25)24(2)20(26)23-16)8-15(22)18(17)28-11-13-6-4-5-7-14(13)21/h4-10H,3,11H2,1-2H3,(H,23,26)/b16-9+. The summed E-state index contributed by atoms with van der Waals surface area (Å²) in [6, 6.07) is 9.45. The first-order valence-corrected chi connectivity index (χ1v) is 9.62. The molecule has 3 amide bonds. The first-order valence-electron chi connectivity index (χ1n) is 8.54. The third-order valence-corrected chi connectivity index (χ3v) is 4.86. The number of halogens is 2. The highest BCUT2D eigenvalue weighted by atomic mass is 127. The lowest BCUT2D eigenvalue weighted by molar-refractivity contribution is -0.121. The summed E-state index contributed by atoms with van der Waals surface area (Å²) in [6.07, 6.45) is 1.58. The average Bonchev–Trinajstić information content (AvgIpc) is 2.89. The molecule has 0 spiro atoms. The molecule has 0 atom stereocenters. The van der Waals surface area contributed by atoms with Crippen molar-refractivity contribution in [3.63, 3.8) is 0 Å². The fraction of sp³-hybridized carbons (Fsp3) is 0.200. The molecule has 0 aliphatic carbocycles. The molecule has 1 heterocycles. The van der Waals surface area contributed by atoms with Crippen LogP contribution in [-0.4, -0.2) is 30.5 Å². The smallest absolute Gasteiger partial charge is 0.328 e. The van der Waals surface area contributed by atoms with Crippen LogP contribution in [-0.2, 0) is 11.4 Å². The molecule has 0 saturated carbocycles. The van der Waals surface area contributed by atoms with Gasteiger partial charge in [0.25, 0.3) is 5.91 Å². The van der Waals surface area contributed by atoms with Crippen LogP contribution in [0.3, 0.4) is 0 Å². The van der Waals surface area contributed by atoms with Gasteiger partial charge in [-0.05, 0) is 59.4 Å². The summed E-state index contributed by atoms with van der Waals surface area (Å²) in [7, 11) is 1.41. The van der Waals surface area contributed by atoms with Gasteiger partial charge in [0, 0.05) is 12.6 Å². The summed E-state index contributed by atoms with van der Waals surface area (Å²) in [4.78, 5) is 24.7. The van der Waals surface area contributed by atoms with E-state index in [0.717, 1.165) is 8.47 Å². The summed E-state index contributed by atoms with van der Waals surface area (Å²) in [5.41, 5.74) is 1.30. The van der Waals surface area contributed by atoms with Gasteiger partial charge in [-0.2, -0.15) is 0 Å². The molecule has 0 unspecified atom stereocenters. The number of benzene rings is 2. The maximum Gasteiger partial charge on any atom is 0.328 e. The maximum atomic E-state index is 13.8. The van der Waals surface area contributed by atoms with E-state index in [-0.39, 0.29) is 18.1 Å². The zero-order chi connectivity index (χ0) is 20.3. The number of amides is 3. The van der Waals surface area contributed by atoms with Gasteiger partial charge in [-0.15, -0.1) is 0 Å². The molecular weight excluding hydrogens is 478 g/mol. The summed E-state index contributed by atoms with van der Waals surface area (Å²) in [5.74, 6) is 0.226. The minimum absolute atomic E-state index is 0.0581. The highest BCUT2D eigenvalue weighted by Crippen LogP contribution is 2.35. The molecule has 8 heteroatoms. The number of carbonyl (C=O) groups excluding carboxylic acids is 2. The fourth-order valence-corrected chi connectivity index (χ4v) is 3.41. The monoisotopic (exact) mass is 496 g/mol. The molecule has 1 aliphatic heterocycles. The Morgan fingerprint density at radius 1 is 1.21 bits per heavy atom. The number of hydrogen-bond donors (Lipinski definition) is 1. The number of ether oxygens (including phenoxy) is 2. The van der Waals surface area contributed by atoms with E-state index in [9.17, 15) is 14.0 Å². The van der Waals surface area contributed by atoms with Crippen molar-refractivity contribution in [2.45, 2.75) is 13.5 Å². The van der Waals surface area contributed by atoms with Crippen LogP contribution < -0.4 is 14.8 Å². The van der Waals surface area contributed by atoms with E-state index in [1.807, 2.05) is 6.92 Å². The molecule has 1 saturated heterocycles. The maximum absolute atomic E-state index is 13.8. The first-order chi connectivity index (χ1) is 13.4. The van der Waals surface area contributed by atoms with Crippen molar-refractivity contribution in [2.75, 3.05) is 13.7 Å². The molecule has 2 aromatic rings. The Labute approximate surface area is 175 Å². The molecule has 146 valence electrons. The predicted octanol–water partition coefficient (Wildman–Crippen LogP) is 3.93. The van der Waals surface area contributed by atoms with Crippen LogP contribution in [0.5, 0.6) is 11.5 Å². The second-order valence-corrected chi connectivity index (χ2v) is 7.16. The van der Waals surface area contributed by atoms with Gasteiger partial charge in [0.2, 0.25) is 0 Å². The Balaban J connectivity index is 1.89.